The summed E-state index contributed by atoms with van der Waals surface area (Å²) >= 11 is 0. The van der Waals surface area contributed by atoms with Crippen LogP contribution in [0.5, 0.6) is 0 Å². The zero-order chi connectivity index (χ0) is 14.0. The van der Waals surface area contributed by atoms with E-state index >= 15 is 0 Å². The molecule has 2 aromatic heterocycles. The Morgan fingerprint density at radius 1 is 1.42 bits per heavy atom. The second-order valence-electron chi connectivity index (χ2n) is 4.38. The number of hydrogen-bond donors (Lipinski definition) is 1. The Hall–Kier alpha value is -2.11. The second-order valence-corrected chi connectivity index (χ2v) is 4.38. The maximum atomic E-state index is 12.1. The molecule has 0 aliphatic carbocycles. The lowest BCUT2D eigenvalue weighted by atomic mass is 10.2. The molecule has 1 N–H and O–H groups in total. The van der Waals surface area contributed by atoms with Crippen LogP contribution in [0.2, 0.25) is 0 Å². The van der Waals surface area contributed by atoms with Gasteiger partial charge in [0, 0.05) is 18.7 Å². The number of amides is 1. The van der Waals surface area contributed by atoms with Gasteiger partial charge in [0.2, 0.25) is 5.76 Å². The molecule has 0 radical (unpaired) electrons. The highest BCUT2D eigenvalue weighted by molar-refractivity contribution is 6.02. The van der Waals surface area contributed by atoms with Crippen molar-refractivity contribution in [1.29, 1.82) is 0 Å². The number of nitrogens with one attached hydrogen (secondary N) is 1. The van der Waals surface area contributed by atoms with Crippen LogP contribution in [0.25, 0.3) is 0 Å². The van der Waals surface area contributed by atoms with Crippen molar-refractivity contribution in [2.45, 2.75) is 33.6 Å². The van der Waals surface area contributed by atoms with Crippen molar-refractivity contribution < 1.29 is 9.32 Å². The van der Waals surface area contributed by atoms with E-state index in [1.807, 2.05) is 20.8 Å². The Balaban J connectivity index is 2.23. The lowest BCUT2D eigenvalue weighted by molar-refractivity contribution is 0.0987. The number of nitrogens with zero attached hydrogens (tertiary/aromatic N) is 3. The van der Waals surface area contributed by atoms with E-state index in [9.17, 15) is 4.79 Å². The summed E-state index contributed by atoms with van der Waals surface area (Å²) in [5, 5.41) is 10.9. The highest BCUT2D eigenvalue weighted by Crippen LogP contribution is 2.20. The predicted octanol–water partition coefficient (Wildman–Crippen LogP) is 2.09. The molecule has 0 saturated carbocycles. The molecule has 0 aliphatic heterocycles. The minimum Gasteiger partial charge on any atom is -0.351 e. The average molecular weight is 262 g/mol. The van der Waals surface area contributed by atoms with E-state index in [2.05, 4.69) is 15.6 Å². The summed E-state index contributed by atoms with van der Waals surface area (Å²) in [6, 6.07) is 1.66. The first-order valence-electron chi connectivity index (χ1n) is 6.36. The Morgan fingerprint density at radius 3 is 2.74 bits per heavy atom. The average Bonchev–Trinajstić information content (AvgIpc) is 2.95. The molecule has 19 heavy (non-hydrogen) atoms. The van der Waals surface area contributed by atoms with Crippen LogP contribution >= 0.6 is 0 Å². The molecule has 0 bridgehead atoms. The molecule has 0 spiro atoms. The molecule has 1 amide bonds. The molecule has 0 aromatic carbocycles. The lowest BCUT2D eigenvalue weighted by Crippen LogP contribution is -2.15. The maximum absolute atomic E-state index is 12.1. The fourth-order valence-electron chi connectivity index (χ4n) is 2.04. The number of aryl methyl sites for hydroxylation is 3. The van der Waals surface area contributed by atoms with Crippen molar-refractivity contribution in [2.24, 2.45) is 7.05 Å². The van der Waals surface area contributed by atoms with Crippen LogP contribution in [0.3, 0.4) is 0 Å². The third kappa shape index (κ3) is 2.52. The predicted molar refractivity (Wildman–Crippen MR) is 71.2 cm³/mol. The summed E-state index contributed by atoms with van der Waals surface area (Å²) in [6.07, 6.45) is 1.55. The van der Waals surface area contributed by atoms with Gasteiger partial charge in [-0.3, -0.25) is 9.48 Å². The number of aromatic nitrogens is 3. The van der Waals surface area contributed by atoms with Crippen LogP contribution in [0, 0.1) is 6.92 Å². The highest BCUT2D eigenvalue weighted by Gasteiger charge is 2.18. The first-order chi connectivity index (χ1) is 9.06. The minimum atomic E-state index is -0.301. The third-order valence-electron chi connectivity index (χ3n) is 3.08. The molecule has 2 heterocycles. The number of hydrogen-bond acceptors (Lipinski definition) is 4. The van der Waals surface area contributed by atoms with E-state index in [0.29, 0.717) is 5.82 Å². The summed E-state index contributed by atoms with van der Waals surface area (Å²) in [6.45, 7) is 5.92. The van der Waals surface area contributed by atoms with Gasteiger partial charge in [-0.1, -0.05) is 19.0 Å². The van der Waals surface area contributed by atoms with E-state index in [1.54, 1.807) is 17.8 Å². The number of carbonyl (C=O) groups excluding carboxylic acids is 1. The van der Waals surface area contributed by atoms with Crippen LogP contribution in [0.15, 0.2) is 10.6 Å². The fourth-order valence-corrected chi connectivity index (χ4v) is 2.04. The molecule has 6 nitrogen and oxygen atoms in total. The van der Waals surface area contributed by atoms with Crippen molar-refractivity contribution >= 4 is 11.7 Å². The van der Waals surface area contributed by atoms with E-state index in [0.717, 1.165) is 29.8 Å². The van der Waals surface area contributed by atoms with E-state index < -0.39 is 0 Å². The highest BCUT2D eigenvalue weighted by atomic mass is 16.5. The van der Waals surface area contributed by atoms with Crippen LogP contribution in [0.1, 0.15) is 41.4 Å². The SMILES string of the molecule is CCc1cc(C(=O)Nc2c(CC)c(C)nn2C)on1. The van der Waals surface area contributed by atoms with Crippen molar-refractivity contribution in [3.05, 3.63) is 28.8 Å². The zero-order valence-electron chi connectivity index (χ0n) is 11.6. The van der Waals surface area contributed by atoms with Crippen LogP contribution in [-0.2, 0) is 19.9 Å². The number of anilines is 1. The Kier molecular flexibility index (Phi) is 3.69. The van der Waals surface area contributed by atoms with E-state index in [-0.39, 0.29) is 11.7 Å². The van der Waals surface area contributed by atoms with Crippen molar-refractivity contribution in [3.63, 3.8) is 0 Å². The summed E-state index contributed by atoms with van der Waals surface area (Å²) in [5.41, 5.74) is 2.72. The summed E-state index contributed by atoms with van der Waals surface area (Å²) in [5.74, 6) is 0.627. The maximum Gasteiger partial charge on any atom is 0.295 e. The molecule has 0 atom stereocenters. The van der Waals surface area contributed by atoms with Crippen LogP contribution < -0.4 is 5.32 Å². The molecule has 0 saturated heterocycles. The number of carbonyl (C=O) groups is 1. The molecule has 0 fully saturated rings. The summed E-state index contributed by atoms with van der Waals surface area (Å²) in [7, 11) is 1.81. The van der Waals surface area contributed by atoms with Gasteiger partial charge in [-0.25, -0.2) is 0 Å². The van der Waals surface area contributed by atoms with Gasteiger partial charge in [0.25, 0.3) is 5.91 Å². The smallest absolute Gasteiger partial charge is 0.295 e. The van der Waals surface area contributed by atoms with Gasteiger partial charge in [-0.15, -0.1) is 0 Å². The molecule has 102 valence electrons. The first kappa shape index (κ1) is 13.3. The van der Waals surface area contributed by atoms with E-state index in [1.165, 1.54) is 0 Å². The van der Waals surface area contributed by atoms with Gasteiger partial charge in [-0.2, -0.15) is 5.10 Å². The van der Waals surface area contributed by atoms with Gasteiger partial charge in [-0.05, 0) is 19.8 Å². The largest absolute Gasteiger partial charge is 0.351 e. The first-order valence-corrected chi connectivity index (χ1v) is 6.36. The van der Waals surface area contributed by atoms with Gasteiger partial charge >= 0.3 is 0 Å². The normalized spacial score (nSPS) is 10.7. The lowest BCUT2D eigenvalue weighted by Gasteiger charge is -2.05. The number of rotatable bonds is 4. The van der Waals surface area contributed by atoms with Gasteiger partial charge in [0.15, 0.2) is 0 Å². The molecular formula is C13H18N4O2. The van der Waals surface area contributed by atoms with Crippen LogP contribution in [-0.4, -0.2) is 20.8 Å². The van der Waals surface area contributed by atoms with Gasteiger partial charge < -0.3 is 9.84 Å². The molecule has 0 aliphatic rings. The minimum absolute atomic E-state index is 0.220. The Morgan fingerprint density at radius 2 is 2.16 bits per heavy atom. The second kappa shape index (κ2) is 5.26. The van der Waals surface area contributed by atoms with Crippen molar-refractivity contribution in [1.82, 2.24) is 14.9 Å². The quantitative estimate of drug-likeness (QED) is 0.915. The monoisotopic (exact) mass is 262 g/mol. The standard InChI is InChI=1S/C13H18N4O2/c1-5-9-7-11(19-16-9)13(18)14-12-10(6-2)8(3)15-17(12)4/h7H,5-6H2,1-4H3,(H,14,18). The topological polar surface area (TPSA) is 73.0 Å². The Labute approximate surface area is 111 Å². The molecule has 2 aromatic rings. The Bertz CT molecular complexity index is 598. The summed E-state index contributed by atoms with van der Waals surface area (Å²) in [4.78, 5) is 12.1. The molecular weight excluding hydrogens is 244 g/mol. The molecule has 6 heteroatoms. The van der Waals surface area contributed by atoms with Crippen molar-refractivity contribution in [2.75, 3.05) is 5.32 Å². The zero-order valence-corrected chi connectivity index (χ0v) is 11.6. The van der Waals surface area contributed by atoms with Gasteiger partial charge in [0.05, 0.1) is 11.4 Å². The van der Waals surface area contributed by atoms with Crippen molar-refractivity contribution in [3.8, 4) is 0 Å². The molecule has 2 rings (SSSR count). The fraction of sp³-hybridized carbons (Fsp3) is 0.462. The third-order valence-corrected chi connectivity index (χ3v) is 3.08. The summed E-state index contributed by atoms with van der Waals surface area (Å²) < 4.78 is 6.69. The molecule has 0 unspecified atom stereocenters. The van der Waals surface area contributed by atoms with Gasteiger partial charge in [0.1, 0.15) is 5.82 Å². The van der Waals surface area contributed by atoms with E-state index in [4.69, 9.17) is 4.52 Å². The van der Waals surface area contributed by atoms with Crippen LogP contribution in [0.4, 0.5) is 5.82 Å².